The normalized spacial score (nSPS) is 21.5. The lowest BCUT2D eigenvalue weighted by molar-refractivity contribution is -0.139. The smallest absolute Gasteiger partial charge is 0.237 e. The summed E-state index contributed by atoms with van der Waals surface area (Å²) in [6.07, 6.45) is 5.46. The summed E-state index contributed by atoms with van der Waals surface area (Å²) in [7, 11) is 0. The van der Waals surface area contributed by atoms with Crippen LogP contribution in [0.4, 0.5) is 0 Å². The van der Waals surface area contributed by atoms with Gasteiger partial charge in [0.1, 0.15) is 12.7 Å². The maximum Gasteiger partial charge on any atom is 0.237 e. The molecule has 0 saturated carbocycles. The van der Waals surface area contributed by atoms with Crippen LogP contribution in [-0.4, -0.2) is 68.6 Å². The van der Waals surface area contributed by atoms with Crippen LogP contribution in [-0.2, 0) is 16.1 Å². The molecule has 2 aliphatic rings. The Bertz CT molecular complexity index is 786. The minimum Gasteiger partial charge on any atom is -0.353 e. The molecule has 0 spiro atoms. The summed E-state index contributed by atoms with van der Waals surface area (Å²) in [6, 6.07) is 10.0. The van der Waals surface area contributed by atoms with Crippen molar-refractivity contribution in [2.75, 3.05) is 26.2 Å². The number of benzene rings is 1. The average Bonchev–Trinajstić information content (AvgIpc) is 3.26. The SMILES string of the molecule is O=C1NCCN(Cc2ccccc2)[C@H]1CC(=O)N1CCC(n2cnnc2)CC1. The molecule has 2 aliphatic heterocycles. The van der Waals surface area contributed by atoms with Crippen LogP contribution in [0.3, 0.4) is 0 Å². The molecule has 0 bridgehead atoms. The molecule has 1 atom stereocenters. The van der Waals surface area contributed by atoms with Crippen LogP contribution in [0.25, 0.3) is 0 Å². The van der Waals surface area contributed by atoms with Crippen molar-refractivity contribution in [3.63, 3.8) is 0 Å². The van der Waals surface area contributed by atoms with Gasteiger partial charge in [0.2, 0.25) is 11.8 Å². The summed E-state index contributed by atoms with van der Waals surface area (Å²) in [5.41, 5.74) is 1.16. The maximum absolute atomic E-state index is 12.9. The Labute approximate surface area is 164 Å². The number of hydrogen-bond acceptors (Lipinski definition) is 5. The third-order valence-corrected chi connectivity index (χ3v) is 5.71. The Kier molecular flexibility index (Phi) is 5.66. The van der Waals surface area contributed by atoms with Crippen LogP contribution in [0.2, 0.25) is 0 Å². The Morgan fingerprint density at radius 1 is 1.07 bits per heavy atom. The fraction of sp³-hybridized carbons (Fsp3) is 0.500. The average molecular weight is 382 g/mol. The van der Waals surface area contributed by atoms with Crippen molar-refractivity contribution >= 4 is 11.8 Å². The van der Waals surface area contributed by atoms with Gasteiger partial charge in [-0.2, -0.15) is 0 Å². The van der Waals surface area contributed by atoms with E-state index in [2.05, 4.69) is 32.5 Å². The van der Waals surface area contributed by atoms with Crippen molar-refractivity contribution in [3.8, 4) is 0 Å². The van der Waals surface area contributed by atoms with Crippen LogP contribution in [0.5, 0.6) is 0 Å². The Morgan fingerprint density at radius 2 is 1.79 bits per heavy atom. The van der Waals surface area contributed by atoms with Gasteiger partial charge in [-0.1, -0.05) is 30.3 Å². The summed E-state index contributed by atoms with van der Waals surface area (Å²) in [4.78, 5) is 29.4. The standard InChI is InChI=1S/C20H26N6O2/c27-19(24-9-6-17(7-10-24)26-14-22-23-15-26)12-18-20(28)21-8-11-25(18)13-16-4-2-1-3-5-16/h1-5,14-15,17-18H,6-13H2,(H,21,28)/t18-/m0/s1. The van der Waals surface area contributed by atoms with Gasteiger partial charge in [-0.05, 0) is 18.4 Å². The molecule has 3 heterocycles. The number of carbonyl (C=O) groups excluding carboxylic acids is 2. The molecule has 0 unspecified atom stereocenters. The van der Waals surface area contributed by atoms with Crippen LogP contribution in [0.1, 0.15) is 30.9 Å². The molecule has 0 radical (unpaired) electrons. The lowest BCUT2D eigenvalue weighted by atomic mass is 10.0. The van der Waals surface area contributed by atoms with E-state index in [1.165, 1.54) is 0 Å². The fourth-order valence-electron chi connectivity index (χ4n) is 4.10. The topological polar surface area (TPSA) is 83.4 Å². The number of hydrogen-bond donors (Lipinski definition) is 1. The zero-order chi connectivity index (χ0) is 19.3. The van der Waals surface area contributed by atoms with Crippen molar-refractivity contribution in [2.24, 2.45) is 0 Å². The van der Waals surface area contributed by atoms with Crippen LogP contribution in [0.15, 0.2) is 43.0 Å². The second kappa shape index (κ2) is 8.52. The first kappa shape index (κ1) is 18.6. The molecule has 0 aliphatic carbocycles. The van der Waals surface area contributed by atoms with Crippen molar-refractivity contribution < 1.29 is 9.59 Å². The third kappa shape index (κ3) is 4.22. The zero-order valence-electron chi connectivity index (χ0n) is 15.9. The van der Waals surface area contributed by atoms with Gasteiger partial charge in [-0.3, -0.25) is 14.5 Å². The van der Waals surface area contributed by atoms with E-state index in [-0.39, 0.29) is 18.2 Å². The molecule has 2 fully saturated rings. The number of carbonyl (C=O) groups is 2. The van der Waals surface area contributed by atoms with Crippen LogP contribution < -0.4 is 5.32 Å². The highest BCUT2D eigenvalue weighted by atomic mass is 16.2. The molecule has 8 heteroatoms. The van der Waals surface area contributed by atoms with E-state index in [9.17, 15) is 9.59 Å². The van der Waals surface area contributed by atoms with E-state index in [1.807, 2.05) is 27.7 Å². The highest BCUT2D eigenvalue weighted by Gasteiger charge is 2.34. The highest BCUT2D eigenvalue weighted by molar-refractivity contribution is 5.88. The van der Waals surface area contributed by atoms with E-state index in [1.54, 1.807) is 12.7 Å². The second-order valence-corrected chi connectivity index (χ2v) is 7.49. The van der Waals surface area contributed by atoms with Gasteiger partial charge in [0.05, 0.1) is 12.5 Å². The Morgan fingerprint density at radius 3 is 2.50 bits per heavy atom. The van der Waals surface area contributed by atoms with Crippen molar-refractivity contribution in [3.05, 3.63) is 48.5 Å². The van der Waals surface area contributed by atoms with Gasteiger partial charge in [0.25, 0.3) is 0 Å². The highest BCUT2D eigenvalue weighted by Crippen LogP contribution is 2.23. The number of piperazine rings is 1. The zero-order valence-corrected chi connectivity index (χ0v) is 15.9. The molecule has 28 heavy (non-hydrogen) atoms. The number of nitrogens with one attached hydrogen (secondary N) is 1. The summed E-state index contributed by atoms with van der Waals surface area (Å²) < 4.78 is 2.01. The fourth-order valence-corrected chi connectivity index (χ4v) is 4.10. The summed E-state index contributed by atoms with van der Waals surface area (Å²) in [5.74, 6) is 0.0113. The molecule has 148 valence electrons. The van der Waals surface area contributed by atoms with Crippen LogP contribution >= 0.6 is 0 Å². The predicted molar refractivity (Wildman–Crippen MR) is 103 cm³/mol. The lowest BCUT2D eigenvalue weighted by Gasteiger charge is -2.37. The van der Waals surface area contributed by atoms with E-state index in [0.717, 1.165) is 24.9 Å². The number of rotatable bonds is 5. The molecule has 1 aromatic heterocycles. The molecule has 8 nitrogen and oxygen atoms in total. The summed E-state index contributed by atoms with van der Waals surface area (Å²) in [5, 5.41) is 10.6. The lowest BCUT2D eigenvalue weighted by Crippen LogP contribution is -2.56. The second-order valence-electron chi connectivity index (χ2n) is 7.49. The minimum absolute atomic E-state index is 0.0464. The third-order valence-electron chi connectivity index (χ3n) is 5.71. The van der Waals surface area contributed by atoms with Gasteiger partial charge in [0, 0.05) is 38.8 Å². The number of nitrogens with zero attached hydrogens (tertiary/aromatic N) is 5. The number of aromatic nitrogens is 3. The molecule has 2 aromatic rings. The molecular formula is C20H26N6O2. The molecule has 1 N–H and O–H groups in total. The number of likely N-dealkylation sites (tertiary alicyclic amines) is 1. The number of amides is 2. The van der Waals surface area contributed by atoms with E-state index >= 15 is 0 Å². The molecule has 1 aromatic carbocycles. The summed E-state index contributed by atoms with van der Waals surface area (Å²) >= 11 is 0. The van der Waals surface area contributed by atoms with Gasteiger partial charge in [-0.25, -0.2) is 0 Å². The maximum atomic E-state index is 12.9. The van der Waals surface area contributed by atoms with E-state index < -0.39 is 6.04 Å². The van der Waals surface area contributed by atoms with Gasteiger partial charge >= 0.3 is 0 Å². The number of piperidine rings is 1. The van der Waals surface area contributed by atoms with Gasteiger partial charge in [0.15, 0.2) is 0 Å². The molecule has 2 saturated heterocycles. The minimum atomic E-state index is -0.406. The van der Waals surface area contributed by atoms with Crippen molar-refractivity contribution in [1.82, 2.24) is 29.9 Å². The first-order valence-electron chi connectivity index (χ1n) is 9.88. The van der Waals surface area contributed by atoms with Gasteiger partial charge in [-0.15, -0.1) is 10.2 Å². The first-order valence-corrected chi connectivity index (χ1v) is 9.88. The molecule has 4 rings (SSSR count). The predicted octanol–water partition coefficient (Wildman–Crippen LogP) is 0.832. The molecular weight excluding hydrogens is 356 g/mol. The summed E-state index contributed by atoms with van der Waals surface area (Å²) in [6.45, 7) is 3.47. The van der Waals surface area contributed by atoms with Crippen molar-refractivity contribution in [1.29, 1.82) is 0 Å². The monoisotopic (exact) mass is 382 g/mol. The Balaban J connectivity index is 1.35. The van der Waals surface area contributed by atoms with E-state index in [0.29, 0.717) is 32.2 Å². The van der Waals surface area contributed by atoms with Crippen LogP contribution in [0, 0.1) is 0 Å². The largest absolute Gasteiger partial charge is 0.353 e. The Hall–Kier alpha value is -2.74. The molecule has 2 amide bonds. The van der Waals surface area contributed by atoms with Crippen molar-refractivity contribution in [2.45, 2.75) is 37.9 Å². The van der Waals surface area contributed by atoms with Gasteiger partial charge < -0.3 is 14.8 Å². The first-order chi connectivity index (χ1) is 13.7. The van der Waals surface area contributed by atoms with E-state index in [4.69, 9.17) is 0 Å². The quantitative estimate of drug-likeness (QED) is 0.828.